The highest BCUT2D eigenvalue weighted by Gasteiger charge is 2.25. The minimum absolute atomic E-state index is 0.0378. The number of rotatable bonds is 5. The van der Waals surface area contributed by atoms with Gasteiger partial charge in [-0.2, -0.15) is 0 Å². The predicted molar refractivity (Wildman–Crippen MR) is 78.2 cm³/mol. The van der Waals surface area contributed by atoms with Gasteiger partial charge in [0, 0.05) is 17.7 Å². The maximum atomic E-state index is 12.0. The third-order valence-electron chi connectivity index (χ3n) is 3.05. The number of carbonyl (C=O) groups excluding carboxylic acids is 1. The quantitative estimate of drug-likeness (QED) is 0.873. The van der Waals surface area contributed by atoms with E-state index in [1.165, 1.54) is 0 Å². The Morgan fingerprint density at radius 3 is 2.63 bits per heavy atom. The van der Waals surface area contributed by atoms with Gasteiger partial charge in [-0.3, -0.25) is 4.79 Å². The van der Waals surface area contributed by atoms with Crippen molar-refractivity contribution in [3.8, 4) is 0 Å². The molecule has 4 heteroatoms. The maximum absolute atomic E-state index is 12.0. The molecule has 1 rings (SSSR count). The van der Waals surface area contributed by atoms with Crippen LogP contribution >= 0.6 is 11.6 Å². The molecule has 0 saturated heterocycles. The molecule has 2 N–H and O–H groups in total. The van der Waals surface area contributed by atoms with Crippen molar-refractivity contribution in [3.05, 3.63) is 34.9 Å². The molecule has 106 valence electrons. The lowest BCUT2D eigenvalue weighted by Crippen LogP contribution is -2.44. The summed E-state index contributed by atoms with van der Waals surface area (Å²) in [5, 5.41) is 12.7. The summed E-state index contributed by atoms with van der Waals surface area (Å²) in [6, 6.07) is 7.25. The van der Waals surface area contributed by atoms with Crippen molar-refractivity contribution in [3.63, 3.8) is 0 Å². The van der Waals surface area contributed by atoms with E-state index in [0.29, 0.717) is 17.9 Å². The zero-order valence-electron chi connectivity index (χ0n) is 11.7. The minimum Gasteiger partial charge on any atom is -0.396 e. The number of halogens is 1. The highest BCUT2D eigenvalue weighted by molar-refractivity contribution is 6.30. The summed E-state index contributed by atoms with van der Waals surface area (Å²) in [5.41, 5.74) is 0.814. The molecule has 0 bridgehead atoms. The predicted octanol–water partition coefficient (Wildman–Crippen LogP) is 2.80. The summed E-state index contributed by atoms with van der Waals surface area (Å²) in [6.07, 6.45) is 0.864. The van der Waals surface area contributed by atoms with E-state index in [0.717, 1.165) is 5.56 Å². The number of aliphatic hydroxyl groups is 1. The lowest BCUT2D eigenvalue weighted by atomic mass is 9.85. The van der Waals surface area contributed by atoms with Gasteiger partial charge in [-0.05, 0) is 29.5 Å². The largest absolute Gasteiger partial charge is 0.396 e. The maximum Gasteiger partial charge on any atom is 0.224 e. The summed E-state index contributed by atoms with van der Waals surface area (Å²) in [5.74, 6) is -0.0457. The average molecular weight is 284 g/mol. The molecule has 3 nitrogen and oxygen atoms in total. The van der Waals surface area contributed by atoms with Gasteiger partial charge in [0.15, 0.2) is 0 Å². The Bertz CT molecular complexity index is 426. The molecule has 19 heavy (non-hydrogen) atoms. The number of amides is 1. The monoisotopic (exact) mass is 283 g/mol. The van der Waals surface area contributed by atoms with E-state index in [-0.39, 0.29) is 24.0 Å². The molecule has 0 radical (unpaired) electrons. The molecule has 0 aliphatic heterocycles. The van der Waals surface area contributed by atoms with Crippen LogP contribution < -0.4 is 5.32 Å². The normalized spacial score (nSPS) is 13.1. The second-order valence-electron chi connectivity index (χ2n) is 5.81. The number of aliphatic hydroxyl groups excluding tert-OH is 1. The lowest BCUT2D eigenvalue weighted by Gasteiger charge is -2.31. The number of hydrogen-bond acceptors (Lipinski definition) is 2. The van der Waals surface area contributed by atoms with E-state index in [1.54, 1.807) is 12.1 Å². The summed E-state index contributed by atoms with van der Waals surface area (Å²) in [4.78, 5) is 12.0. The van der Waals surface area contributed by atoms with Crippen molar-refractivity contribution in [2.24, 2.45) is 5.41 Å². The Balaban J connectivity index is 2.63. The van der Waals surface area contributed by atoms with Crippen molar-refractivity contribution in [1.29, 1.82) is 0 Å². The number of hydrogen-bond donors (Lipinski definition) is 2. The molecule has 1 amide bonds. The first-order valence-electron chi connectivity index (χ1n) is 6.47. The van der Waals surface area contributed by atoms with Crippen LogP contribution in [0.2, 0.25) is 5.02 Å². The zero-order valence-corrected chi connectivity index (χ0v) is 12.5. The van der Waals surface area contributed by atoms with Gasteiger partial charge < -0.3 is 10.4 Å². The fourth-order valence-electron chi connectivity index (χ4n) is 1.93. The number of nitrogens with one attached hydrogen (secondary N) is 1. The van der Waals surface area contributed by atoms with Crippen LogP contribution in [0.4, 0.5) is 0 Å². The molecule has 0 spiro atoms. The number of benzene rings is 1. The van der Waals surface area contributed by atoms with Crippen LogP contribution in [0.5, 0.6) is 0 Å². The first-order chi connectivity index (χ1) is 8.82. The second kappa shape index (κ2) is 6.92. The van der Waals surface area contributed by atoms with Crippen LogP contribution in [0.25, 0.3) is 0 Å². The minimum atomic E-state index is -0.0767. The third kappa shape index (κ3) is 5.62. The van der Waals surface area contributed by atoms with E-state index >= 15 is 0 Å². The summed E-state index contributed by atoms with van der Waals surface area (Å²) >= 11 is 5.89. The number of carbonyl (C=O) groups is 1. The van der Waals surface area contributed by atoms with Crippen molar-refractivity contribution >= 4 is 17.5 Å². The average Bonchev–Trinajstić information content (AvgIpc) is 2.27. The molecule has 1 atom stereocenters. The van der Waals surface area contributed by atoms with Gasteiger partial charge >= 0.3 is 0 Å². The Hall–Kier alpha value is -1.06. The first-order valence-corrected chi connectivity index (χ1v) is 6.85. The van der Waals surface area contributed by atoms with Crippen molar-refractivity contribution in [2.45, 2.75) is 39.7 Å². The van der Waals surface area contributed by atoms with Crippen molar-refractivity contribution < 1.29 is 9.90 Å². The first kappa shape index (κ1) is 16.0. The van der Waals surface area contributed by atoms with Gasteiger partial charge in [0.1, 0.15) is 0 Å². The molecule has 0 aliphatic rings. The van der Waals surface area contributed by atoms with Gasteiger partial charge in [-0.25, -0.2) is 0 Å². The van der Waals surface area contributed by atoms with Gasteiger partial charge in [0.25, 0.3) is 0 Å². The van der Waals surface area contributed by atoms with Gasteiger partial charge in [0.05, 0.1) is 6.42 Å². The van der Waals surface area contributed by atoms with Crippen LogP contribution in [0.3, 0.4) is 0 Å². The van der Waals surface area contributed by atoms with Crippen molar-refractivity contribution in [1.82, 2.24) is 5.32 Å². The van der Waals surface area contributed by atoms with Crippen LogP contribution in [-0.4, -0.2) is 23.7 Å². The molecular formula is C15H22ClNO2. The van der Waals surface area contributed by atoms with E-state index < -0.39 is 0 Å². The summed E-state index contributed by atoms with van der Waals surface area (Å²) in [6.45, 7) is 6.21. The highest BCUT2D eigenvalue weighted by atomic mass is 35.5. The Morgan fingerprint density at radius 2 is 2.11 bits per heavy atom. The van der Waals surface area contributed by atoms with Crippen molar-refractivity contribution in [2.75, 3.05) is 6.61 Å². The smallest absolute Gasteiger partial charge is 0.224 e. The Kier molecular flexibility index (Phi) is 5.83. The molecule has 0 heterocycles. The molecular weight excluding hydrogens is 262 g/mol. The molecule has 0 aliphatic carbocycles. The fraction of sp³-hybridized carbons (Fsp3) is 0.533. The van der Waals surface area contributed by atoms with Crippen LogP contribution in [0.1, 0.15) is 32.8 Å². The summed E-state index contributed by atoms with van der Waals surface area (Å²) < 4.78 is 0. The van der Waals surface area contributed by atoms with Crippen LogP contribution in [-0.2, 0) is 11.2 Å². The fourth-order valence-corrected chi connectivity index (χ4v) is 2.14. The topological polar surface area (TPSA) is 49.3 Å². The molecule has 1 aromatic rings. The molecule has 0 saturated carbocycles. The van der Waals surface area contributed by atoms with E-state index in [2.05, 4.69) is 5.32 Å². The molecule has 1 aromatic carbocycles. The van der Waals surface area contributed by atoms with Crippen LogP contribution in [0, 0.1) is 5.41 Å². The Morgan fingerprint density at radius 1 is 1.42 bits per heavy atom. The second-order valence-corrected chi connectivity index (χ2v) is 6.24. The summed E-state index contributed by atoms with van der Waals surface area (Å²) in [7, 11) is 0. The van der Waals surface area contributed by atoms with Crippen LogP contribution in [0.15, 0.2) is 24.3 Å². The SMILES string of the molecule is CC(C)(C)C(CCO)NC(=O)Cc1cccc(Cl)c1. The third-order valence-corrected chi connectivity index (χ3v) is 3.29. The van der Waals surface area contributed by atoms with Gasteiger partial charge in [0.2, 0.25) is 5.91 Å². The van der Waals surface area contributed by atoms with E-state index in [4.69, 9.17) is 16.7 Å². The van der Waals surface area contributed by atoms with Gasteiger partial charge in [-0.1, -0.05) is 44.5 Å². The van der Waals surface area contributed by atoms with E-state index in [1.807, 2.05) is 32.9 Å². The van der Waals surface area contributed by atoms with E-state index in [9.17, 15) is 4.79 Å². The highest BCUT2D eigenvalue weighted by Crippen LogP contribution is 2.21. The lowest BCUT2D eigenvalue weighted by molar-refractivity contribution is -0.122. The Labute approximate surface area is 120 Å². The zero-order chi connectivity index (χ0) is 14.5. The molecule has 0 fully saturated rings. The van der Waals surface area contributed by atoms with Gasteiger partial charge in [-0.15, -0.1) is 0 Å². The molecule has 1 unspecified atom stereocenters. The molecule has 0 aromatic heterocycles. The standard InChI is InChI=1S/C15H22ClNO2/c1-15(2,3)13(7-8-18)17-14(19)10-11-5-4-6-12(16)9-11/h4-6,9,13,18H,7-8,10H2,1-3H3,(H,17,19).